The number of ether oxygens (including phenoxy) is 1. The number of thiazole rings is 1. The number of aromatic nitrogens is 1. The minimum atomic E-state index is -0.846. The van der Waals surface area contributed by atoms with Crippen molar-refractivity contribution in [1.82, 2.24) is 4.98 Å². The van der Waals surface area contributed by atoms with Gasteiger partial charge in [-0.25, -0.2) is 4.90 Å². The Labute approximate surface area is 254 Å². The molecule has 1 saturated heterocycles. The summed E-state index contributed by atoms with van der Waals surface area (Å²) in [5.41, 5.74) is 1.41. The van der Waals surface area contributed by atoms with Gasteiger partial charge in [0.05, 0.1) is 16.6 Å². The normalized spacial score (nSPS) is 19.6. The summed E-state index contributed by atoms with van der Waals surface area (Å²) < 4.78 is 6.74. The molecule has 4 aromatic rings. The van der Waals surface area contributed by atoms with Gasteiger partial charge >= 0.3 is 4.87 Å². The number of H-pyrrole nitrogens is 1. The summed E-state index contributed by atoms with van der Waals surface area (Å²) in [5, 5.41) is 12.2. The zero-order valence-corrected chi connectivity index (χ0v) is 24.8. The Morgan fingerprint density at radius 3 is 2.51 bits per heavy atom. The molecule has 3 amide bonds. The first-order chi connectivity index (χ1) is 19.7. The number of rotatable bonds is 6. The Hall–Kier alpha value is -3.58. The third-order valence-corrected chi connectivity index (χ3v) is 9.89. The number of aromatic hydroxyl groups is 1. The lowest BCUT2D eigenvalue weighted by Crippen LogP contribution is -2.32. The van der Waals surface area contributed by atoms with Crippen LogP contribution in [0.15, 0.2) is 81.0 Å². The molecule has 0 radical (unpaired) electrons. The van der Waals surface area contributed by atoms with E-state index in [2.05, 4.69) is 26.2 Å². The van der Waals surface area contributed by atoms with Gasteiger partial charge in [0.2, 0.25) is 11.8 Å². The fourth-order valence-electron chi connectivity index (χ4n) is 4.98. The van der Waals surface area contributed by atoms with Crippen LogP contribution in [0.5, 0.6) is 11.5 Å². The third-order valence-electron chi connectivity index (χ3n) is 6.73. The van der Waals surface area contributed by atoms with Crippen molar-refractivity contribution in [3.8, 4) is 11.5 Å². The molecule has 3 N–H and O–H groups in total. The first-order valence-electron chi connectivity index (χ1n) is 12.2. The Morgan fingerprint density at radius 1 is 1.05 bits per heavy atom. The van der Waals surface area contributed by atoms with Crippen LogP contribution in [0.25, 0.3) is 0 Å². The number of amides is 3. The second-order valence-corrected chi connectivity index (χ2v) is 12.8. The number of carbonyl (C=O) groups is 3. The van der Waals surface area contributed by atoms with Gasteiger partial charge in [-0.1, -0.05) is 50.6 Å². The number of fused-ring (bicyclic) bond motifs is 2. The number of hydrogen-bond donors (Lipinski definition) is 3. The topological polar surface area (TPSA) is 129 Å². The van der Waals surface area contributed by atoms with Crippen LogP contribution in [0.4, 0.5) is 11.4 Å². The highest BCUT2D eigenvalue weighted by atomic mass is 79.9. The first-order valence-corrected chi connectivity index (χ1v) is 15.1. The van der Waals surface area contributed by atoms with Gasteiger partial charge < -0.3 is 20.1 Å². The molecular weight excluding hydrogens is 654 g/mol. The quantitative estimate of drug-likeness (QED) is 0.186. The predicted molar refractivity (Wildman–Crippen MR) is 160 cm³/mol. The van der Waals surface area contributed by atoms with Gasteiger partial charge in [-0.3, -0.25) is 19.2 Å². The van der Waals surface area contributed by atoms with Crippen LogP contribution in [0, 0.1) is 5.92 Å². The number of nitrogens with zero attached hydrogens (tertiary/aromatic N) is 1. The monoisotopic (exact) mass is 671 g/mol. The number of hydrogen-bond acceptors (Lipinski definition) is 8. The number of benzene rings is 3. The van der Waals surface area contributed by atoms with Crippen molar-refractivity contribution in [3.05, 3.63) is 96.3 Å². The van der Waals surface area contributed by atoms with E-state index in [0.29, 0.717) is 37.6 Å². The molecule has 0 spiro atoms. The molecule has 2 aliphatic heterocycles. The number of halogens is 2. The molecule has 0 saturated carbocycles. The van der Waals surface area contributed by atoms with Crippen molar-refractivity contribution in [3.63, 3.8) is 0 Å². The van der Waals surface area contributed by atoms with Crippen LogP contribution in [0.3, 0.4) is 0 Å². The van der Waals surface area contributed by atoms with Crippen LogP contribution in [0.1, 0.15) is 16.4 Å². The number of thioether (sulfide) groups is 1. The van der Waals surface area contributed by atoms with E-state index in [-0.39, 0.29) is 23.1 Å². The van der Waals surface area contributed by atoms with E-state index in [0.717, 1.165) is 15.8 Å². The Balaban J connectivity index is 1.36. The fourth-order valence-corrected chi connectivity index (χ4v) is 7.93. The number of aromatic amines is 1. The highest BCUT2D eigenvalue weighted by Crippen LogP contribution is 2.54. The fraction of sp³-hybridized carbons (Fsp3) is 0.143. The van der Waals surface area contributed by atoms with Crippen molar-refractivity contribution in [1.29, 1.82) is 0 Å². The van der Waals surface area contributed by atoms with Crippen molar-refractivity contribution >= 4 is 79.7 Å². The number of imide groups is 1. The Bertz CT molecular complexity index is 1740. The smallest absolute Gasteiger partial charge is 0.305 e. The summed E-state index contributed by atoms with van der Waals surface area (Å²) in [6, 6.07) is 17.7. The van der Waals surface area contributed by atoms with Gasteiger partial charge in [0.15, 0.2) is 6.61 Å². The Morgan fingerprint density at radius 2 is 1.78 bits per heavy atom. The maximum absolute atomic E-state index is 14.0. The van der Waals surface area contributed by atoms with E-state index in [9.17, 15) is 24.3 Å². The van der Waals surface area contributed by atoms with Crippen molar-refractivity contribution in [2.24, 2.45) is 5.92 Å². The first kappa shape index (κ1) is 27.6. The lowest BCUT2D eigenvalue weighted by atomic mass is 9.82. The molecule has 3 atom stereocenters. The number of anilines is 2. The number of phenolic OH excluding ortho intramolecular Hbond substituents is 1. The lowest BCUT2D eigenvalue weighted by molar-refractivity contribution is -0.122. The molecule has 0 bridgehead atoms. The van der Waals surface area contributed by atoms with E-state index in [1.54, 1.807) is 54.6 Å². The summed E-state index contributed by atoms with van der Waals surface area (Å²) in [6.45, 7) is -0.362. The maximum atomic E-state index is 14.0. The number of carbonyl (C=O) groups excluding carboxylic acids is 3. The summed E-state index contributed by atoms with van der Waals surface area (Å²) >= 11 is 11.9. The molecule has 9 nitrogen and oxygen atoms in total. The van der Waals surface area contributed by atoms with E-state index in [4.69, 9.17) is 16.3 Å². The number of phenols is 1. The predicted octanol–water partition coefficient (Wildman–Crippen LogP) is 5.37. The third kappa shape index (κ3) is 5.28. The van der Waals surface area contributed by atoms with Crippen LogP contribution in [0.2, 0.25) is 5.02 Å². The Kier molecular flexibility index (Phi) is 7.41. The molecule has 13 heteroatoms. The van der Waals surface area contributed by atoms with E-state index in [1.165, 1.54) is 28.8 Å². The van der Waals surface area contributed by atoms with Gasteiger partial charge in [-0.2, -0.15) is 0 Å². The standard InChI is InChI=1S/C28H19BrClN3O6S2/c29-13-1-6-16(7-2-13)33-26(36)22-21(23-25(32-28(38)41-23)40-24(22)27(33)37)18-11-14(30)3-10-19(18)39-12-20(35)31-15-4-8-17(34)9-5-15/h1-11,21-22,24,34H,12H2,(H,31,35)(H,32,38). The second-order valence-electron chi connectivity index (χ2n) is 9.30. The van der Waals surface area contributed by atoms with Crippen LogP contribution >= 0.6 is 50.6 Å². The summed E-state index contributed by atoms with van der Waals surface area (Å²) in [6.07, 6.45) is 0. The molecule has 3 unspecified atom stereocenters. The zero-order valence-electron chi connectivity index (χ0n) is 20.8. The van der Waals surface area contributed by atoms with Gasteiger partial charge in [0.25, 0.3) is 5.91 Å². The molecule has 41 heavy (non-hydrogen) atoms. The minimum Gasteiger partial charge on any atom is -0.508 e. The van der Waals surface area contributed by atoms with E-state index >= 15 is 0 Å². The molecule has 1 fully saturated rings. The largest absolute Gasteiger partial charge is 0.508 e. The van der Waals surface area contributed by atoms with E-state index < -0.39 is 28.9 Å². The number of nitrogens with one attached hydrogen (secondary N) is 2. The van der Waals surface area contributed by atoms with Gasteiger partial charge in [0.1, 0.15) is 16.7 Å². The zero-order chi connectivity index (χ0) is 28.8. The van der Waals surface area contributed by atoms with Crippen molar-refractivity contribution < 1.29 is 24.2 Å². The van der Waals surface area contributed by atoms with Crippen molar-refractivity contribution in [2.75, 3.05) is 16.8 Å². The molecule has 6 rings (SSSR count). The molecule has 0 aliphatic carbocycles. The molecule has 208 valence electrons. The SMILES string of the molecule is O=C(COc1ccc(Cl)cc1C1c2sc(=O)[nH]c2SC2C(=O)N(c3ccc(Br)cc3)C(=O)C21)Nc1ccc(O)cc1. The maximum Gasteiger partial charge on any atom is 0.305 e. The summed E-state index contributed by atoms with van der Waals surface area (Å²) in [4.78, 5) is 57.0. The van der Waals surface area contributed by atoms with Crippen molar-refractivity contribution in [2.45, 2.75) is 16.2 Å². The van der Waals surface area contributed by atoms with E-state index in [1.807, 2.05) is 0 Å². The summed E-state index contributed by atoms with van der Waals surface area (Å²) in [5.74, 6) is -2.45. The van der Waals surface area contributed by atoms with Gasteiger partial charge in [0, 0.05) is 31.5 Å². The van der Waals surface area contributed by atoms with Gasteiger partial charge in [-0.05, 0) is 66.7 Å². The minimum absolute atomic E-state index is 0.0686. The summed E-state index contributed by atoms with van der Waals surface area (Å²) in [7, 11) is 0. The molecule has 2 aliphatic rings. The van der Waals surface area contributed by atoms with Crippen LogP contribution in [-0.4, -0.2) is 39.7 Å². The van der Waals surface area contributed by atoms with Crippen LogP contribution < -0.4 is 19.8 Å². The molecule has 3 heterocycles. The molecular formula is C28H19BrClN3O6S2. The van der Waals surface area contributed by atoms with Crippen LogP contribution in [-0.2, 0) is 14.4 Å². The second kappa shape index (κ2) is 11.0. The average Bonchev–Trinajstić information content (AvgIpc) is 3.44. The average molecular weight is 673 g/mol. The highest BCUT2D eigenvalue weighted by Gasteiger charge is 2.56. The van der Waals surface area contributed by atoms with Gasteiger partial charge in [-0.15, -0.1) is 0 Å². The lowest BCUT2D eigenvalue weighted by Gasteiger charge is -2.31. The molecule has 1 aromatic heterocycles. The highest BCUT2D eigenvalue weighted by molar-refractivity contribution is 9.10. The molecule has 3 aromatic carbocycles.